The van der Waals surface area contributed by atoms with E-state index in [1.54, 1.807) is 10.6 Å². The van der Waals surface area contributed by atoms with Crippen LogP contribution < -0.4 is 5.32 Å². The molecule has 0 unspecified atom stereocenters. The number of carbonyl (C=O) groups is 1. The number of fused-ring (bicyclic) bond motifs is 4. The number of hydrogen-bond donors (Lipinski definition) is 1. The van der Waals surface area contributed by atoms with Crippen molar-refractivity contribution in [2.75, 3.05) is 0 Å². The highest BCUT2D eigenvalue weighted by Crippen LogP contribution is 2.43. The van der Waals surface area contributed by atoms with Crippen LogP contribution in [-0.2, 0) is 0 Å². The number of aromatic nitrogens is 4. The van der Waals surface area contributed by atoms with Crippen LogP contribution in [0.2, 0.25) is 0 Å². The van der Waals surface area contributed by atoms with E-state index < -0.39 is 0 Å². The molecule has 2 heterocycles. The normalized spacial score (nSPS) is 13.0. The lowest BCUT2D eigenvalue weighted by atomic mass is 10.0. The maximum absolute atomic E-state index is 13.1. The number of nitrogens with one attached hydrogen (secondary N) is 1. The van der Waals surface area contributed by atoms with E-state index in [2.05, 4.69) is 58.5 Å². The molecule has 0 saturated carbocycles. The van der Waals surface area contributed by atoms with Crippen LogP contribution in [0.5, 0.6) is 0 Å². The molecule has 0 fully saturated rings. The van der Waals surface area contributed by atoms with Crippen LogP contribution in [0.1, 0.15) is 53.1 Å². The molecular weight excluding hydrogens is 350 g/mol. The van der Waals surface area contributed by atoms with Gasteiger partial charge in [-0.25, -0.2) is 9.50 Å². The molecule has 2 aromatic carbocycles. The second kappa shape index (κ2) is 6.27. The minimum absolute atomic E-state index is 0.187. The molecule has 0 atom stereocenters. The van der Waals surface area contributed by atoms with Gasteiger partial charge in [0, 0.05) is 0 Å². The first kappa shape index (κ1) is 16.6. The summed E-state index contributed by atoms with van der Waals surface area (Å²) in [4.78, 5) is 21.7. The first-order valence-corrected chi connectivity index (χ1v) is 9.33. The smallest absolute Gasteiger partial charge is 0.270 e. The molecule has 138 valence electrons. The Morgan fingerprint density at radius 2 is 1.68 bits per heavy atom. The lowest BCUT2D eigenvalue weighted by Gasteiger charge is -2.16. The minimum Gasteiger partial charge on any atom is -0.340 e. The number of rotatable bonds is 3. The van der Waals surface area contributed by atoms with E-state index in [9.17, 15) is 4.79 Å². The molecule has 28 heavy (non-hydrogen) atoms. The Morgan fingerprint density at radius 1 is 1.04 bits per heavy atom. The summed E-state index contributed by atoms with van der Waals surface area (Å²) < 4.78 is 1.68. The van der Waals surface area contributed by atoms with Gasteiger partial charge in [0.05, 0.1) is 11.7 Å². The summed E-state index contributed by atoms with van der Waals surface area (Å²) in [6, 6.07) is 18.0. The Morgan fingerprint density at radius 3 is 2.32 bits per heavy atom. The predicted octanol–water partition coefficient (Wildman–Crippen LogP) is 3.75. The molecular formula is C22H19N5O. The molecule has 6 heteroatoms. The van der Waals surface area contributed by atoms with E-state index >= 15 is 0 Å². The highest BCUT2D eigenvalue weighted by atomic mass is 16.2. The molecule has 0 radical (unpaired) electrons. The van der Waals surface area contributed by atoms with Crippen molar-refractivity contribution >= 4 is 11.7 Å². The van der Waals surface area contributed by atoms with Crippen LogP contribution in [0.4, 0.5) is 0 Å². The van der Waals surface area contributed by atoms with Gasteiger partial charge in [-0.1, -0.05) is 62.4 Å². The van der Waals surface area contributed by atoms with Crippen molar-refractivity contribution < 1.29 is 4.79 Å². The molecule has 5 rings (SSSR count). The third-order valence-electron chi connectivity index (χ3n) is 5.21. The van der Waals surface area contributed by atoms with Crippen molar-refractivity contribution in [3.8, 4) is 11.1 Å². The van der Waals surface area contributed by atoms with Crippen LogP contribution in [0.3, 0.4) is 0 Å². The fraction of sp³-hybridized carbons (Fsp3) is 0.182. The summed E-state index contributed by atoms with van der Waals surface area (Å²) in [5, 5.41) is 7.39. The SMILES string of the molecule is CC(C)c1cc(C(=O)NC2c3ccccc3-c3ccccc32)nc2ncnn12. The molecule has 4 aromatic rings. The lowest BCUT2D eigenvalue weighted by Crippen LogP contribution is -2.29. The molecule has 0 aliphatic heterocycles. The quantitative estimate of drug-likeness (QED) is 0.597. The van der Waals surface area contributed by atoms with E-state index in [0.29, 0.717) is 11.5 Å². The van der Waals surface area contributed by atoms with Crippen LogP contribution in [0, 0.1) is 0 Å². The fourth-order valence-corrected chi connectivity index (χ4v) is 3.88. The molecule has 0 bridgehead atoms. The summed E-state index contributed by atoms with van der Waals surface area (Å²) in [6.45, 7) is 4.11. The maximum atomic E-state index is 13.1. The number of hydrogen-bond acceptors (Lipinski definition) is 4. The molecule has 2 aromatic heterocycles. The number of amides is 1. The maximum Gasteiger partial charge on any atom is 0.270 e. The average Bonchev–Trinajstić information content (AvgIpc) is 3.30. The number of carbonyl (C=O) groups excluding carboxylic acids is 1. The van der Waals surface area contributed by atoms with Crippen LogP contribution in [-0.4, -0.2) is 25.5 Å². The van der Waals surface area contributed by atoms with Gasteiger partial charge in [0.15, 0.2) is 0 Å². The summed E-state index contributed by atoms with van der Waals surface area (Å²) in [5.74, 6) is 0.402. The fourth-order valence-electron chi connectivity index (χ4n) is 3.88. The monoisotopic (exact) mass is 369 g/mol. The summed E-state index contributed by atoms with van der Waals surface area (Å²) in [7, 11) is 0. The Balaban J connectivity index is 1.55. The Hall–Kier alpha value is -3.54. The number of benzene rings is 2. The zero-order chi connectivity index (χ0) is 19.3. The molecule has 0 spiro atoms. The third kappa shape index (κ3) is 2.49. The Bertz CT molecular complexity index is 1170. The summed E-state index contributed by atoms with van der Waals surface area (Å²) in [5.41, 5.74) is 5.78. The second-order valence-corrected chi connectivity index (χ2v) is 7.27. The zero-order valence-electron chi connectivity index (χ0n) is 15.6. The van der Waals surface area contributed by atoms with E-state index in [1.807, 2.05) is 24.3 Å². The van der Waals surface area contributed by atoms with Gasteiger partial charge in [0.2, 0.25) is 0 Å². The van der Waals surface area contributed by atoms with Crippen LogP contribution in [0.15, 0.2) is 60.9 Å². The van der Waals surface area contributed by atoms with Crippen molar-refractivity contribution in [1.29, 1.82) is 0 Å². The topological polar surface area (TPSA) is 72.2 Å². The van der Waals surface area contributed by atoms with Gasteiger partial charge in [-0.2, -0.15) is 10.1 Å². The summed E-state index contributed by atoms with van der Waals surface area (Å²) >= 11 is 0. The standard InChI is InChI=1S/C22H19N5O/c1-13(2)19-11-18(25-22-23-12-24-27(19)22)21(28)26-20-16-9-5-3-7-14(16)15-8-4-6-10-17(15)20/h3-13,20H,1-2H3,(H,26,28). The lowest BCUT2D eigenvalue weighted by molar-refractivity contribution is 0.0938. The van der Waals surface area contributed by atoms with Gasteiger partial charge < -0.3 is 5.32 Å². The second-order valence-electron chi connectivity index (χ2n) is 7.27. The molecule has 1 N–H and O–H groups in total. The Labute approximate surface area is 162 Å². The van der Waals surface area contributed by atoms with Crippen molar-refractivity contribution in [3.05, 3.63) is 83.4 Å². The van der Waals surface area contributed by atoms with Gasteiger partial charge >= 0.3 is 0 Å². The summed E-state index contributed by atoms with van der Waals surface area (Å²) in [6.07, 6.45) is 1.46. The highest BCUT2D eigenvalue weighted by molar-refractivity contribution is 5.94. The van der Waals surface area contributed by atoms with Gasteiger partial charge in [-0.3, -0.25) is 4.79 Å². The van der Waals surface area contributed by atoms with E-state index in [1.165, 1.54) is 6.33 Å². The predicted molar refractivity (Wildman–Crippen MR) is 106 cm³/mol. The van der Waals surface area contributed by atoms with Crippen molar-refractivity contribution in [1.82, 2.24) is 24.9 Å². The van der Waals surface area contributed by atoms with Gasteiger partial charge in [-0.05, 0) is 34.2 Å². The number of nitrogens with zero attached hydrogens (tertiary/aromatic N) is 4. The van der Waals surface area contributed by atoms with Gasteiger partial charge in [0.1, 0.15) is 12.0 Å². The Kier molecular flexibility index (Phi) is 3.72. The van der Waals surface area contributed by atoms with Crippen LogP contribution in [0.25, 0.3) is 16.9 Å². The molecule has 0 saturated heterocycles. The average molecular weight is 369 g/mol. The van der Waals surface area contributed by atoms with Crippen molar-refractivity contribution in [2.45, 2.75) is 25.8 Å². The van der Waals surface area contributed by atoms with Gasteiger partial charge in [-0.15, -0.1) is 0 Å². The first-order valence-electron chi connectivity index (χ1n) is 9.33. The molecule has 1 aliphatic carbocycles. The van der Waals surface area contributed by atoms with Gasteiger partial charge in [0.25, 0.3) is 11.7 Å². The van der Waals surface area contributed by atoms with E-state index in [-0.39, 0.29) is 17.9 Å². The minimum atomic E-state index is -0.219. The first-order chi connectivity index (χ1) is 13.6. The molecule has 1 amide bonds. The van der Waals surface area contributed by atoms with Crippen molar-refractivity contribution in [3.63, 3.8) is 0 Å². The van der Waals surface area contributed by atoms with Crippen molar-refractivity contribution in [2.24, 2.45) is 0 Å². The molecule has 6 nitrogen and oxygen atoms in total. The van der Waals surface area contributed by atoms with E-state index in [4.69, 9.17) is 0 Å². The molecule has 1 aliphatic rings. The highest BCUT2D eigenvalue weighted by Gasteiger charge is 2.30. The largest absolute Gasteiger partial charge is 0.340 e. The third-order valence-corrected chi connectivity index (χ3v) is 5.21. The zero-order valence-corrected chi connectivity index (χ0v) is 15.6. The van der Waals surface area contributed by atoms with E-state index in [0.717, 1.165) is 27.9 Å². The van der Waals surface area contributed by atoms with Crippen LogP contribution >= 0.6 is 0 Å².